The van der Waals surface area contributed by atoms with Crippen LogP contribution in [0.15, 0.2) is 26.7 Å². The molecule has 1 heterocycles. The van der Waals surface area contributed by atoms with Crippen molar-refractivity contribution in [3.63, 3.8) is 0 Å². The predicted molar refractivity (Wildman–Crippen MR) is 115 cm³/mol. The van der Waals surface area contributed by atoms with Crippen LogP contribution in [0.3, 0.4) is 0 Å². The fourth-order valence-electron chi connectivity index (χ4n) is 2.74. The van der Waals surface area contributed by atoms with E-state index in [1.54, 1.807) is 17.5 Å². The quantitative estimate of drug-likeness (QED) is 0.211. The van der Waals surface area contributed by atoms with Gasteiger partial charge in [0.25, 0.3) is 0 Å². The van der Waals surface area contributed by atoms with E-state index in [2.05, 4.69) is 27.3 Å². The molecule has 0 aromatic carbocycles. The second kappa shape index (κ2) is 10.7. The lowest BCUT2D eigenvalue weighted by molar-refractivity contribution is 0.139. The maximum absolute atomic E-state index is 12.0. The largest absolute Gasteiger partial charge is 0.357 e. The molecule has 0 unspecified atom stereocenters. The molecule has 0 saturated heterocycles. The fraction of sp³-hybridized carbons (Fsp3) is 0.688. The number of nitrogens with one attached hydrogen (secondary N) is 3. The number of rotatable bonds is 9. The Morgan fingerprint density at radius 3 is 2.56 bits per heavy atom. The van der Waals surface area contributed by atoms with E-state index in [1.807, 2.05) is 6.92 Å². The number of hydrogen-bond acceptors (Lipinski definition) is 4. The van der Waals surface area contributed by atoms with E-state index in [0.717, 1.165) is 25.5 Å². The van der Waals surface area contributed by atoms with Crippen LogP contribution >= 0.6 is 35.3 Å². The maximum Gasteiger partial charge on any atom is 0.250 e. The molecule has 1 aromatic rings. The standard InChI is InChI=1S/C16H28N4O2S2.HI/c1-3-16(8-6-9-16)13-19-15(17-4-2)18-10-11-20-24(21,22)14-7-5-12-23-14;/h5,7,12,20H,3-4,6,8-11,13H2,1-2H3,(H2,17,18,19);1H. The lowest BCUT2D eigenvalue weighted by Crippen LogP contribution is -2.42. The van der Waals surface area contributed by atoms with Crippen LogP contribution < -0.4 is 15.4 Å². The Balaban J connectivity index is 0.00000312. The van der Waals surface area contributed by atoms with Crippen molar-refractivity contribution in [2.45, 2.75) is 43.7 Å². The molecule has 1 aliphatic rings. The average Bonchev–Trinajstić information content (AvgIpc) is 3.06. The number of thiophene rings is 1. The Morgan fingerprint density at radius 2 is 2.04 bits per heavy atom. The first kappa shape index (κ1) is 22.7. The molecule has 1 fully saturated rings. The third-order valence-corrected chi connectivity index (χ3v) is 7.41. The summed E-state index contributed by atoms with van der Waals surface area (Å²) in [6.45, 7) is 6.69. The molecule has 3 N–H and O–H groups in total. The minimum atomic E-state index is -3.39. The number of sulfonamides is 1. The molecule has 2 rings (SSSR count). The molecule has 0 aliphatic heterocycles. The Bertz CT molecular complexity index is 623. The second-order valence-electron chi connectivity index (χ2n) is 6.16. The molecule has 0 amide bonds. The number of aliphatic imine (C=N–C) groups is 1. The molecule has 1 saturated carbocycles. The summed E-state index contributed by atoms with van der Waals surface area (Å²) in [5, 5.41) is 8.17. The number of halogens is 1. The normalized spacial score (nSPS) is 16.6. The van der Waals surface area contributed by atoms with Gasteiger partial charge in [-0.15, -0.1) is 35.3 Å². The first-order chi connectivity index (χ1) is 11.5. The van der Waals surface area contributed by atoms with E-state index >= 15 is 0 Å². The van der Waals surface area contributed by atoms with Gasteiger partial charge in [-0.2, -0.15) is 0 Å². The van der Waals surface area contributed by atoms with Crippen LogP contribution in [0.25, 0.3) is 0 Å². The molecule has 144 valence electrons. The Morgan fingerprint density at radius 1 is 1.28 bits per heavy atom. The monoisotopic (exact) mass is 500 g/mol. The van der Waals surface area contributed by atoms with Crippen LogP contribution in [0.2, 0.25) is 0 Å². The van der Waals surface area contributed by atoms with Gasteiger partial charge in [-0.1, -0.05) is 19.4 Å². The lowest BCUT2D eigenvalue weighted by Gasteiger charge is -2.40. The van der Waals surface area contributed by atoms with E-state index in [0.29, 0.717) is 22.7 Å². The van der Waals surface area contributed by atoms with Crippen LogP contribution in [0.4, 0.5) is 0 Å². The van der Waals surface area contributed by atoms with Gasteiger partial charge in [0.1, 0.15) is 4.21 Å². The topological polar surface area (TPSA) is 82.6 Å². The van der Waals surface area contributed by atoms with Gasteiger partial charge < -0.3 is 10.6 Å². The molecular weight excluding hydrogens is 471 g/mol. The summed E-state index contributed by atoms with van der Waals surface area (Å²) in [5.41, 5.74) is 0.378. The minimum Gasteiger partial charge on any atom is -0.357 e. The zero-order chi connectivity index (χ0) is 17.5. The molecule has 0 atom stereocenters. The summed E-state index contributed by atoms with van der Waals surface area (Å²) in [6, 6.07) is 3.34. The van der Waals surface area contributed by atoms with Crippen LogP contribution in [0, 0.1) is 5.41 Å². The molecule has 25 heavy (non-hydrogen) atoms. The van der Waals surface area contributed by atoms with Gasteiger partial charge in [0.15, 0.2) is 5.96 Å². The summed E-state index contributed by atoms with van der Waals surface area (Å²) in [4.78, 5) is 4.68. The van der Waals surface area contributed by atoms with Crippen LogP contribution in [0.1, 0.15) is 39.5 Å². The predicted octanol–water partition coefficient (Wildman–Crippen LogP) is 2.78. The van der Waals surface area contributed by atoms with Crippen LogP contribution in [-0.4, -0.2) is 40.6 Å². The Labute approximate surface area is 172 Å². The molecule has 6 nitrogen and oxygen atoms in total. The summed E-state index contributed by atoms with van der Waals surface area (Å²) in [6.07, 6.45) is 4.98. The van der Waals surface area contributed by atoms with Crippen molar-refractivity contribution in [3.8, 4) is 0 Å². The highest BCUT2D eigenvalue weighted by atomic mass is 127. The number of nitrogens with zero attached hydrogens (tertiary/aromatic N) is 1. The van der Waals surface area contributed by atoms with Gasteiger partial charge in [-0.3, -0.25) is 4.99 Å². The second-order valence-corrected chi connectivity index (χ2v) is 9.10. The van der Waals surface area contributed by atoms with E-state index in [1.165, 1.54) is 30.6 Å². The highest BCUT2D eigenvalue weighted by Crippen LogP contribution is 2.43. The van der Waals surface area contributed by atoms with Crippen molar-refractivity contribution >= 4 is 51.3 Å². The SMILES string of the molecule is CCNC(=NCC1(CC)CCC1)NCCNS(=O)(=O)c1cccs1.I. The first-order valence-corrected chi connectivity index (χ1v) is 10.9. The fourth-order valence-corrected chi connectivity index (χ4v) is 4.81. The molecule has 1 aromatic heterocycles. The lowest BCUT2D eigenvalue weighted by atomic mass is 9.67. The van der Waals surface area contributed by atoms with Gasteiger partial charge >= 0.3 is 0 Å². The molecular formula is C16H29IN4O2S2. The van der Waals surface area contributed by atoms with Crippen molar-refractivity contribution in [2.24, 2.45) is 10.4 Å². The van der Waals surface area contributed by atoms with Crippen LogP contribution in [-0.2, 0) is 10.0 Å². The Hall–Kier alpha value is -0.390. The third-order valence-electron chi connectivity index (χ3n) is 4.55. The molecule has 0 radical (unpaired) electrons. The Kier molecular flexibility index (Phi) is 9.68. The van der Waals surface area contributed by atoms with Gasteiger partial charge in [-0.25, -0.2) is 13.1 Å². The molecule has 9 heteroatoms. The molecule has 0 spiro atoms. The van der Waals surface area contributed by atoms with Gasteiger partial charge in [0.05, 0.1) is 0 Å². The van der Waals surface area contributed by atoms with E-state index in [9.17, 15) is 8.42 Å². The third kappa shape index (κ3) is 6.69. The summed E-state index contributed by atoms with van der Waals surface area (Å²) in [7, 11) is -3.39. The summed E-state index contributed by atoms with van der Waals surface area (Å²) in [5.74, 6) is 0.757. The highest BCUT2D eigenvalue weighted by molar-refractivity contribution is 14.0. The van der Waals surface area contributed by atoms with E-state index in [-0.39, 0.29) is 24.0 Å². The molecule has 0 bridgehead atoms. The van der Waals surface area contributed by atoms with Crippen molar-refractivity contribution < 1.29 is 8.42 Å². The number of hydrogen-bond donors (Lipinski definition) is 3. The van der Waals surface area contributed by atoms with Crippen molar-refractivity contribution in [3.05, 3.63) is 17.5 Å². The van der Waals surface area contributed by atoms with E-state index in [4.69, 9.17) is 0 Å². The van der Waals surface area contributed by atoms with Crippen molar-refractivity contribution in [1.29, 1.82) is 0 Å². The molecule has 1 aliphatic carbocycles. The minimum absolute atomic E-state index is 0. The smallest absolute Gasteiger partial charge is 0.250 e. The van der Waals surface area contributed by atoms with Crippen LogP contribution in [0.5, 0.6) is 0 Å². The van der Waals surface area contributed by atoms with E-state index < -0.39 is 10.0 Å². The van der Waals surface area contributed by atoms with Gasteiger partial charge in [-0.05, 0) is 43.0 Å². The maximum atomic E-state index is 12.0. The zero-order valence-corrected chi connectivity index (χ0v) is 18.8. The number of guanidine groups is 1. The van der Waals surface area contributed by atoms with Crippen molar-refractivity contribution in [2.75, 3.05) is 26.2 Å². The summed E-state index contributed by atoms with van der Waals surface area (Å²) < 4.78 is 27.0. The van der Waals surface area contributed by atoms with Crippen molar-refractivity contribution in [1.82, 2.24) is 15.4 Å². The first-order valence-electron chi connectivity index (χ1n) is 8.57. The van der Waals surface area contributed by atoms with Gasteiger partial charge in [0, 0.05) is 26.2 Å². The summed E-state index contributed by atoms with van der Waals surface area (Å²) >= 11 is 1.22. The highest BCUT2D eigenvalue weighted by Gasteiger charge is 2.34. The van der Waals surface area contributed by atoms with Gasteiger partial charge in [0.2, 0.25) is 10.0 Å². The average molecular weight is 500 g/mol. The zero-order valence-electron chi connectivity index (χ0n) is 14.9.